The molecule has 6 heteroatoms. The molecule has 2 aromatic rings. The maximum Gasteiger partial charge on any atom is 0.249 e. The zero-order valence-corrected chi connectivity index (χ0v) is 18.0. The van der Waals surface area contributed by atoms with Gasteiger partial charge in [0.15, 0.2) is 0 Å². The Kier molecular flexibility index (Phi) is 6.87. The molecule has 2 fully saturated rings. The van der Waals surface area contributed by atoms with Gasteiger partial charge in [-0.3, -0.25) is 9.59 Å². The summed E-state index contributed by atoms with van der Waals surface area (Å²) >= 11 is 0. The van der Waals surface area contributed by atoms with Crippen LogP contribution in [0.2, 0.25) is 0 Å². The molecule has 0 aliphatic carbocycles. The van der Waals surface area contributed by atoms with Crippen molar-refractivity contribution in [2.45, 2.75) is 31.8 Å². The van der Waals surface area contributed by atoms with E-state index in [4.69, 9.17) is 9.47 Å². The SMILES string of the molecule is COc1ccc(CN2C(=O)COCC2C(=O)N2CCC(Cc3ccccc3)CC2)cc1. The number of hydrogen-bond donors (Lipinski definition) is 0. The molecule has 0 radical (unpaired) electrons. The van der Waals surface area contributed by atoms with E-state index in [1.165, 1.54) is 5.56 Å². The van der Waals surface area contributed by atoms with Crippen molar-refractivity contribution in [2.75, 3.05) is 33.4 Å². The van der Waals surface area contributed by atoms with Crippen LogP contribution in [0.15, 0.2) is 54.6 Å². The van der Waals surface area contributed by atoms with E-state index >= 15 is 0 Å². The van der Waals surface area contributed by atoms with E-state index in [9.17, 15) is 9.59 Å². The third-order valence-corrected chi connectivity index (χ3v) is 6.29. The Morgan fingerprint density at radius 3 is 2.42 bits per heavy atom. The second-order valence-electron chi connectivity index (χ2n) is 8.36. The third kappa shape index (κ3) is 5.25. The minimum atomic E-state index is -0.561. The summed E-state index contributed by atoms with van der Waals surface area (Å²) in [4.78, 5) is 29.5. The molecule has 0 saturated carbocycles. The molecule has 0 spiro atoms. The molecular formula is C25H30N2O4. The van der Waals surface area contributed by atoms with E-state index < -0.39 is 6.04 Å². The van der Waals surface area contributed by atoms with Gasteiger partial charge in [0.1, 0.15) is 18.4 Å². The normalized spacial score (nSPS) is 20.0. The van der Waals surface area contributed by atoms with Gasteiger partial charge in [-0.25, -0.2) is 0 Å². The lowest BCUT2D eigenvalue weighted by Gasteiger charge is -2.39. The molecule has 0 N–H and O–H groups in total. The average Bonchev–Trinajstić information content (AvgIpc) is 2.81. The summed E-state index contributed by atoms with van der Waals surface area (Å²) in [5.74, 6) is 1.22. The lowest BCUT2D eigenvalue weighted by atomic mass is 9.90. The fraction of sp³-hybridized carbons (Fsp3) is 0.440. The number of morpholine rings is 1. The number of nitrogens with zero attached hydrogens (tertiary/aromatic N) is 2. The molecule has 2 aliphatic heterocycles. The first-order chi connectivity index (χ1) is 15.1. The molecule has 6 nitrogen and oxygen atoms in total. The minimum Gasteiger partial charge on any atom is -0.497 e. The van der Waals surface area contributed by atoms with Crippen molar-refractivity contribution in [1.82, 2.24) is 9.80 Å². The Hall–Kier alpha value is -2.86. The van der Waals surface area contributed by atoms with E-state index in [-0.39, 0.29) is 25.0 Å². The molecular weight excluding hydrogens is 392 g/mol. The van der Waals surface area contributed by atoms with Crippen LogP contribution >= 0.6 is 0 Å². The molecule has 0 bridgehead atoms. The summed E-state index contributed by atoms with van der Waals surface area (Å²) < 4.78 is 10.7. The van der Waals surface area contributed by atoms with Gasteiger partial charge in [0, 0.05) is 19.6 Å². The van der Waals surface area contributed by atoms with Crippen LogP contribution in [-0.2, 0) is 27.3 Å². The standard InChI is InChI=1S/C25H30N2O4/c1-30-22-9-7-21(8-10-22)16-27-23(17-31-18-24(27)28)25(29)26-13-11-20(12-14-26)15-19-5-3-2-4-6-19/h2-10,20,23H,11-18H2,1H3. The van der Waals surface area contributed by atoms with Crippen molar-refractivity contribution in [3.63, 3.8) is 0 Å². The van der Waals surface area contributed by atoms with Gasteiger partial charge in [0.25, 0.3) is 0 Å². The second-order valence-corrected chi connectivity index (χ2v) is 8.36. The number of ether oxygens (including phenoxy) is 2. The molecule has 1 unspecified atom stereocenters. The molecule has 2 aliphatic rings. The number of methoxy groups -OCH3 is 1. The van der Waals surface area contributed by atoms with Crippen LogP contribution in [0.1, 0.15) is 24.0 Å². The monoisotopic (exact) mass is 422 g/mol. The van der Waals surface area contributed by atoms with Crippen LogP contribution in [0, 0.1) is 5.92 Å². The Labute approximate surface area is 183 Å². The summed E-state index contributed by atoms with van der Waals surface area (Å²) in [7, 11) is 1.62. The molecule has 4 rings (SSSR count). The number of hydrogen-bond acceptors (Lipinski definition) is 4. The van der Waals surface area contributed by atoms with Crippen molar-refractivity contribution < 1.29 is 19.1 Å². The molecule has 2 heterocycles. The summed E-state index contributed by atoms with van der Waals surface area (Å²) in [5.41, 5.74) is 2.32. The molecule has 1 atom stereocenters. The van der Waals surface area contributed by atoms with E-state index in [0.29, 0.717) is 12.5 Å². The predicted molar refractivity (Wildman–Crippen MR) is 118 cm³/mol. The Morgan fingerprint density at radius 2 is 1.74 bits per heavy atom. The first-order valence-corrected chi connectivity index (χ1v) is 11.0. The highest BCUT2D eigenvalue weighted by Crippen LogP contribution is 2.24. The molecule has 31 heavy (non-hydrogen) atoms. The number of benzene rings is 2. The van der Waals surface area contributed by atoms with Gasteiger partial charge in [-0.1, -0.05) is 42.5 Å². The zero-order valence-electron chi connectivity index (χ0n) is 18.0. The van der Waals surface area contributed by atoms with Gasteiger partial charge in [0.05, 0.1) is 13.7 Å². The van der Waals surface area contributed by atoms with Crippen molar-refractivity contribution in [3.05, 3.63) is 65.7 Å². The lowest BCUT2D eigenvalue weighted by Crippen LogP contribution is -2.57. The number of piperidine rings is 1. The maximum absolute atomic E-state index is 13.3. The molecule has 2 saturated heterocycles. The van der Waals surface area contributed by atoms with Gasteiger partial charge < -0.3 is 19.3 Å². The van der Waals surface area contributed by atoms with E-state index in [1.807, 2.05) is 35.2 Å². The van der Waals surface area contributed by atoms with Crippen LogP contribution in [0.3, 0.4) is 0 Å². The first kappa shape index (κ1) is 21.4. The fourth-order valence-electron chi connectivity index (χ4n) is 4.45. The highest BCUT2D eigenvalue weighted by molar-refractivity contribution is 5.89. The highest BCUT2D eigenvalue weighted by Gasteiger charge is 2.37. The summed E-state index contributed by atoms with van der Waals surface area (Å²) in [6, 6.07) is 17.6. The third-order valence-electron chi connectivity index (χ3n) is 6.29. The van der Waals surface area contributed by atoms with Gasteiger partial charge >= 0.3 is 0 Å². The largest absolute Gasteiger partial charge is 0.497 e. The summed E-state index contributed by atoms with van der Waals surface area (Å²) in [6.45, 7) is 2.14. The molecule has 2 aromatic carbocycles. The number of rotatable bonds is 6. The molecule has 0 aromatic heterocycles. The maximum atomic E-state index is 13.3. The van der Waals surface area contributed by atoms with Crippen LogP contribution < -0.4 is 4.74 Å². The van der Waals surface area contributed by atoms with Crippen LogP contribution in [0.5, 0.6) is 5.75 Å². The molecule has 2 amide bonds. The lowest BCUT2D eigenvalue weighted by molar-refractivity contribution is -0.160. The average molecular weight is 423 g/mol. The van der Waals surface area contributed by atoms with Crippen molar-refractivity contribution in [3.8, 4) is 5.75 Å². The first-order valence-electron chi connectivity index (χ1n) is 11.0. The van der Waals surface area contributed by atoms with Gasteiger partial charge in [0.2, 0.25) is 11.8 Å². The van der Waals surface area contributed by atoms with Crippen LogP contribution in [0.4, 0.5) is 0 Å². The Bertz CT molecular complexity index is 876. The quantitative estimate of drug-likeness (QED) is 0.718. The van der Waals surface area contributed by atoms with Crippen molar-refractivity contribution in [1.29, 1.82) is 0 Å². The van der Waals surface area contributed by atoms with Gasteiger partial charge in [-0.15, -0.1) is 0 Å². The van der Waals surface area contributed by atoms with E-state index in [0.717, 1.165) is 43.7 Å². The smallest absolute Gasteiger partial charge is 0.249 e. The Morgan fingerprint density at radius 1 is 1.03 bits per heavy atom. The van der Waals surface area contributed by atoms with Gasteiger partial charge in [-0.2, -0.15) is 0 Å². The van der Waals surface area contributed by atoms with Crippen LogP contribution in [0.25, 0.3) is 0 Å². The predicted octanol–water partition coefficient (Wildman–Crippen LogP) is 2.90. The second kappa shape index (κ2) is 9.96. The number of carbonyl (C=O) groups excluding carboxylic acids is 2. The number of amides is 2. The van der Waals surface area contributed by atoms with E-state index in [1.54, 1.807) is 12.0 Å². The summed E-state index contributed by atoms with van der Waals surface area (Å²) in [6.07, 6.45) is 3.03. The summed E-state index contributed by atoms with van der Waals surface area (Å²) in [5, 5.41) is 0. The number of carbonyl (C=O) groups is 2. The van der Waals surface area contributed by atoms with Crippen molar-refractivity contribution >= 4 is 11.8 Å². The van der Waals surface area contributed by atoms with E-state index in [2.05, 4.69) is 24.3 Å². The Balaban J connectivity index is 1.37. The zero-order chi connectivity index (χ0) is 21.6. The highest BCUT2D eigenvalue weighted by atomic mass is 16.5. The minimum absolute atomic E-state index is 0.000257. The van der Waals surface area contributed by atoms with Crippen molar-refractivity contribution in [2.24, 2.45) is 5.92 Å². The topological polar surface area (TPSA) is 59.1 Å². The van der Waals surface area contributed by atoms with Crippen LogP contribution in [-0.4, -0.2) is 61.1 Å². The fourth-order valence-corrected chi connectivity index (χ4v) is 4.45. The number of likely N-dealkylation sites (tertiary alicyclic amines) is 1. The van der Waals surface area contributed by atoms with Gasteiger partial charge in [-0.05, 0) is 48.4 Å². The molecule has 164 valence electrons.